The molecule has 0 aliphatic heterocycles. The fraction of sp³-hybridized carbons (Fsp3) is 0.0741. The minimum Gasteiger partial charge on any atom is -0.487 e. The number of benzene rings is 3. The molecule has 0 aliphatic rings. The fourth-order valence-electron chi connectivity index (χ4n) is 3.92. The molecular weight excluding hydrogens is 540 g/mol. The Labute approximate surface area is 223 Å². The normalized spacial score (nSPS) is 11.5. The lowest BCUT2D eigenvalue weighted by Crippen LogP contribution is -2.09. The third-order valence-electron chi connectivity index (χ3n) is 5.76. The number of aromatic carboxylic acids is 1. The van der Waals surface area contributed by atoms with Crippen LogP contribution >= 0.6 is 11.6 Å². The first-order valence-corrected chi connectivity index (χ1v) is 11.7. The van der Waals surface area contributed by atoms with E-state index in [0.717, 1.165) is 17.0 Å². The first-order valence-electron chi connectivity index (χ1n) is 11.3. The van der Waals surface area contributed by atoms with E-state index in [1.54, 1.807) is 42.5 Å². The van der Waals surface area contributed by atoms with Gasteiger partial charge in [-0.1, -0.05) is 23.7 Å². The van der Waals surface area contributed by atoms with Crippen LogP contribution in [0.3, 0.4) is 0 Å². The van der Waals surface area contributed by atoms with Gasteiger partial charge in [0.15, 0.2) is 0 Å². The van der Waals surface area contributed by atoms with Crippen molar-refractivity contribution in [3.05, 3.63) is 107 Å². The van der Waals surface area contributed by atoms with Crippen molar-refractivity contribution in [3.63, 3.8) is 0 Å². The summed E-state index contributed by atoms with van der Waals surface area (Å²) >= 11 is 6.38. The molecule has 0 unspecified atom stereocenters. The summed E-state index contributed by atoms with van der Waals surface area (Å²) in [5, 5.41) is 13.1. The second-order valence-corrected chi connectivity index (χ2v) is 8.82. The molecule has 2 aromatic heterocycles. The largest absolute Gasteiger partial charge is 0.487 e. The van der Waals surface area contributed by atoms with Gasteiger partial charge in [-0.05, 0) is 54.1 Å². The monoisotopic (exact) mass is 556 g/mol. The Hall–Kier alpha value is -4.64. The second-order valence-electron chi connectivity index (χ2n) is 8.41. The summed E-state index contributed by atoms with van der Waals surface area (Å²) in [4.78, 5) is 19.8. The van der Waals surface area contributed by atoms with Crippen molar-refractivity contribution in [3.8, 4) is 11.4 Å². The summed E-state index contributed by atoms with van der Waals surface area (Å²) in [5.74, 6) is -1.34. The number of fused-ring (bicyclic) bond motifs is 1. The van der Waals surface area contributed by atoms with E-state index < -0.39 is 23.3 Å². The summed E-state index contributed by atoms with van der Waals surface area (Å²) < 4.78 is 60.3. The Kier molecular flexibility index (Phi) is 6.83. The summed E-state index contributed by atoms with van der Waals surface area (Å²) in [5.41, 5.74) is -0.169. The highest BCUT2D eigenvalue weighted by Crippen LogP contribution is 2.35. The van der Waals surface area contributed by atoms with Gasteiger partial charge in [0.2, 0.25) is 0 Å². The molecule has 0 saturated carbocycles. The zero-order chi connectivity index (χ0) is 27.7. The van der Waals surface area contributed by atoms with Crippen LogP contribution in [0.15, 0.2) is 79.4 Å². The highest BCUT2D eigenvalue weighted by Gasteiger charge is 2.37. The van der Waals surface area contributed by atoms with Crippen molar-refractivity contribution >= 4 is 40.0 Å². The van der Waals surface area contributed by atoms with Gasteiger partial charge in [-0.3, -0.25) is 0 Å². The number of ether oxygens (including phenoxy) is 1. The molecule has 7 nitrogen and oxygen atoms in total. The highest BCUT2D eigenvalue weighted by molar-refractivity contribution is 6.32. The standard InChI is InChI=1S/C27H17ClF4N4O3/c28-22-9-17(4-7-24(22)39-13-15-2-1-3-16(29)8-15)35-25-19-10-18(5-6-23(19)33-14-34-25)36-11-20(26(37)38)21(12-36)27(30,31)32/h1-12,14H,13H2,(H,37,38)(H,33,34,35). The lowest BCUT2D eigenvalue weighted by Gasteiger charge is -2.13. The maximum absolute atomic E-state index is 13.4. The van der Waals surface area contributed by atoms with Crippen LogP contribution in [0.4, 0.5) is 29.1 Å². The van der Waals surface area contributed by atoms with Gasteiger partial charge < -0.3 is 19.7 Å². The molecule has 0 aliphatic carbocycles. The molecule has 198 valence electrons. The molecule has 0 saturated heterocycles. The number of carboxylic acid groups (broad SMARTS) is 1. The Morgan fingerprint density at radius 1 is 1.05 bits per heavy atom. The van der Waals surface area contributed by atoms with Crippen molar-refractivity contribution in [2.45, 2.75) is 12.8 Å². The van der Waals surface area contributed by atoms with E-state index in [1.165, 1.54) is 24.5 Å². The predicted octanol–water partition coefficient (Wildman–Crippen LogP) is 7.25. The molecule has 3 aromatic carbocycles. The van der Waals surface area contributed by atoms with E-state index in [4.69, 9.17) is 16.3 Å². The number of aromatic nitrogens is 3. The van der Waals surface area contributed by atoms with Gasteiger partial charge in [0.25, 0.3) is 0 Å². The number of halogens is 5. The third-order valence-corrected chi connectivity index (χ3v) is 6.05. The molecule has 2 N–H and O–H groups in total. The number of hydrogen-bond donors (Lipinski definition) is 2. The smallest absolute Gasteiger partial charge is 0.418 e. The topological polar surface area (TPSA) is 89.3 Å². The molecule has 0 radical (unpaired) electrons. The average Bonchev–Trinajstić information content (AvgIpc) is 3.35. The Morgan fingerprint density at radius 2 is 1.87 bits per heavy atom. The molecule has 2 heterocycles. The number of carboxylic acids is 1. The number of hydrogen-bond acceptors (Lipinski definition) is 5. The van der Waals surface area contributed by atoms with Crippen LogP contribution < -0.4 is 10.1 Å². The van der Waals surface area contributed by atoms with Crippen LogP contribution in [0, 0.1) is 5.82 Å². The van der Waals surface area contributed by atoms with Crippen LogP contribution in [0.1, 0.15) is 21.5 Å². The molecule has 12 heteroatoms. The van der Waals surface area contributed by atoms with Crippen molar-refractivity contribution in [1.82, 2.24) is 14.5 Å². The Balaban J connectivity index is 1.42. The maximum atomic E-state index is 13.4. The SMILES string of the molecule is O=C(O)c1cn(-c2ccc3ncnc(Nc4ccc(OCc5cccc(F)c5)c(Cl)c4)c3c2)cc1C(F)(F)F. The minimum atomic E-state index is -4.84. The summed E-state index contributed by atoms with van der Waals surface area (Å²) in [6, 6.07) is 15.6. The maximum Gasteiger partial charge on any atom is 0.418 e. The Morgan fingerprint density at radius 3 is 2.56 bits per heavy atom. The van der Waals surface area contributed by atoms with Gasteiger partial charge in [-0.2, -0.15) is 13.2 Å². The van der Waals surface area contributed by atoms with Crippen molar-refractivity contribution in [2.24, 2.45) is 0 Å². The zero-order valence-corrected chi connectivity index (χ0v) is 20.5. The minimum absolute atomic E-state index is 0.114. The van der Waals surface area contributed by atoms with E-state index in [2.05, 4.69) is 15.3 Å². The zero-order valence-electron chi connectivity index (χ0n) is 19.7. The predicted molar refractivity (Wildman–Crippen MR) is 136 cm³/mol. The van der Waals surface area contributed by atoms with Crippen LogP contribution in [0.2, 0.25) is 5.02 Å². The number of nitrogens with zero attached hydrogens (tertiary/aromatic N) is 3. The average molecular weight is 557 g/mol. The van der Waals surface area contributed by atoms with Gasteiger partial charge in [0.05, 0.1) is 21.7 Å². The summed E-state index contributed by atoms with van der Waals surface area (Å²) in [7, 11) is 0. The van der Waals surface area contributed by atoms with Gasteiger partial charge >= 0.3 is 12.1 Å². The van der Waals surface area contributed by atoms with Crippen molar-refractivity contribution < 1.29 is 32.2 Å². The molecule has 0 fully saturated rings. The molecule has 0 atom stereocenters. The van der Waals surface area contributed by atoms with E-state index in [0.29, 0.717) is 33.7 Å². The molecule has 39 heavy (non-hydrogen) atoms. The number of anilines is 2. The number of nitrogens with one attached hydrogen (secondary N) is 1. The fourth-order valence-corrected chi connectivity index (χ4v) is 4.16. The number of carbonyl (C=O) groups is 1. The van der Waals surface area contributed by atoms with Crippen LogP contribution in [-0.2, 0) is 12.8 Å². The van der Waals surface area contributed by atoms with E-state index in [1.807, 2.05) is 0 Å². The highest BCUT2D eigenvalue weighted by atomic mass is 35.5. The first-order chi connectivity index (χ1) is 18.6. The quantitative estimate of drug-likeness (QED) is 0.205. The lowest BCUT2D eigenvalue weighted by molar-refractivity contribution is -0.138. The molecule has 5 rings (SSSR count). The van der Waals surface area contributed by atoms with E-state index >= 15 is 0 Å². The van der Waals surface area contributed by atoms with Crippen LogP contribution in [0.25, 0.3) is 16.6 Å². The molecule has 5 aromatic rings. The lowest BCUT2D eigenvalue weighted by atomic mass is 10.2. The first kappa shape index (κ1) is 26.0. The number of rotatable bonds is 7. The van der Waals surface area contributed by atoms with Crippen LogP contribution in [-0.4, -0.2) is 25.6 Å². The molecule has 0 amide bonds. The van der Waals surface area contributed by atoms with Gasteiger partial charge in [0, 0.05) is 29.2 Å². The van der Waals surface area contributed by atoms with Gasteiger partial charge in [-0.15, -0.1) is 0 Å². The Bertz CT molecular complexity index is 1700. The molecule has 0 spiro atoms. The van der Waals surface area contributed by atoms with Crippen LogP contribution in [0.5, 0.6) is 5.75 Å². The third kappa shape index (κ3) is 5.63. The van der Waals surface area contributed by atoms with Crippen molar-refractivity contribution in [2.75, 3.05) is 5.32 Å². The molecular formula is C27H17ClF4N4O3. The van der Waals surface area contributed by atoms with E-state index in [-0.39, 0.29) is 23.1 Å². The van der Waals surface area contributed by atoms with Gasteiger partial charge in [-0.25, -0.2) is 19.2 Å². The second kappa shape index (κ2) is 10.3. The van der Waals surface area contributed by atoms with Crippen molar-refractivity contribution in [1.29, 1.82) is 0 Å². The summed E-state index contributed by atoms with van der Waals surface area (Å²) in [6.07, 6.45) is -1.88. The summed E-state index contributed by atoms with van der Waals surface area (Å²) in [6.45, 7) is 0.114. The molecule has 0 bridgehead atoms. The number of alkyl halides is 3. The van der Waals surface area contributed by atoms with Gasteiger partial charge in [0.1, 0.15) is 30.3 Å². The van der Waals surface area contributed by atoms with E-state index in [9.17, 15) is 27.5 Å².